The third kappa shape index (κ3) is 2.23. The van der Waals surface area contributed by atoms with Crippen molar-refractivity contribution in [2.45, 2.75) is 12.0 Å². The van der Waals surface area contributed by atoms with Gasteiger partial charge in [0.1, 0.15) is 5.82 Å². The molecule has 3 rings (SSSR count). The quantitative estimate of drug-likeness (QED) is 0.909. The Morgan fingerprint density at radius 1 is 1.15 bits per heavy atom. The molecule has 0 aliphatic carbocycles. The summed E-state index contributed by atoms with van der Waals surface area (Å²) in [5.74, 6) is 0.0262. The highest BCUT2D eigenvalue weighted by atomic mass is 19.1. The van der Waals surface area contributed by atoms with Crippen LogP contribution in [0.4, 0.5) is 4.39 Å². The topological polar surface area (TPSA) is 29.3 Å². The van der Waals surface area contributed by atoms with E-state index in [1.54, 1.807) is 12.1 Å². The van der Waals surface area contributed by atoms with Crippen LogP contribution in [0.2, 0.25) is 0 Å². The van der Waals surface area contributed by atoms with Gasteiger partial charge in [0.15, 0.2) is 0 Å². The molecule has 0 saturated heterocycles. The molecular formula is C17H19FN2. The lowest BCUT2D eigenvalue weighted by molar-refractivity contribution is 0.223. The molecule has 1 heterocycles. The van der Waals surface area contributed by atoms with Crippen LogP contribution in [-0.4, -0.2) is 25.0 Å². The SMILES string of the molecule is CN1CC(c2cccc(F)c2)c2ccccc2C1CN. The van der Waals surface area contributed by atoms with E-state index in [0.717, 1.165) is 12.1 Å². The number of halogens is 1. The maximum absolute atomic E-state index is 13.5. The van der Waals surface area contributed by atoms with Crippen molar-refractivity contribution < 1.29 is 4.39 Å². The Bertz CT molecular complexity index is 611. The average molecular weight is 270 g/mol. The molecule has 3 heteroatoms. The lowest BCUT2D eigenvalue weighted by atomic mass is 9.81. The highest BCUT2D eigenvalue weighted by Crippen LogP contribution is 2.38. The maximum atomic E-state index is 13.5. The van der Waals surface area contributed by atoms with Crippen molar-refractivity contribution in [3.63, 3.8) is 0 Å². The highest BCUT2D eigenvalue weighted by molar-refractivity contribution is 5.42. The zero-order chi connectivity index (χ0) is 14.1. The molecule has 20 heavy (non-hydrogen) atoms. The number of hydrogen-bond donors (Lipinski definition) is 1. The first-order valence-electron chi connectivity index (χ1n) is 6.95. The largest absolute Gasteiger partial charge is 0.329 e. The normalized spacial score (nSPS) is 22.6. The van der Waals surface area contributed by atoms with Crippen LogP contribution in [-0.2, 0) is 0 Å². The summed E-state index contributed by atoms with van der Waals surface area (Å²) in [5, 5.41) is 0. The lowest BCUT2D eigenvalue weighted by Gasteiger charge is -2.39. The molecule has 0 saturated carbocycles. The summed E-state index contributed by atoms with van der Waals surface area (Å²) in [5.41, 5.74) is 9.47. The van der Waals surface area contributed by atoms with Crippen LogP contribution in [0.25, 0.3) is 0 Å². The number of nitrogens with zero attached hydrogens (tertiary/aromatic N) is 1. The van der Waals surface area contributed by atoms with E-state index in [9.17, 15) is 4.39 Å². The van der Waals surface area contributed by atoms with Crippen molar-refractivity contribution in [1.82, 2.24) is 4.90 Å². The van der Waals surface area contributed by atoms with Gasteiger partial charge in [-0.3, -0.25) is 4.90 Å². The summed E-state index contributed by atoms with van der Waals surface area (Å²) in [6.07, 6.45) is 0. The Morgan fingerprint density at radius 2 is 1.90 bits per heavy atom. The van der Waals surface area contributed by atoms with Crippen molar-refractivity contribution >= 4 is 0 Å². The van der Waals surface area contributed by atoms with Gasteiger partial charge in [0.05, 0.1) is 0 Å². The Labute approximate surface area is 119 Å². The van der Waals surface area contributed by atoms with Gasteiger partial charge >= 0.3 is 0 Å². The van der Waals surface area contributed by atoms with Crippen molar-refractivity contribution in [3.05, 3.63) is 71.0 Å². The molecule has 1 aliphatic heterocycles. The molecule has 2 nitrogen and oxygen atoms in total. The fourth-order valence-corrected chi connectivity index (χ4v) is 3.20. The van der Waals surface area contributed by atoms with Crippen LogP contribution in [0.5, 0.6) is 0 Å². The smallest absolute Gasteiger partial charge is 0.123 e. The van der Waals surface area contributed by atoms with Crippen molar-refractivity contribution in [3.8, 4) is 0 Å². The maximum Gasteiger partial charge on any atom is 0.123 e. The third-order valence-corrected chi connectivity index (χ3v) is 4.21. The Kier molecular flexibility index (Phi) is 3.55. The van der Waals surface area contributed by atoms with Gasteiger partial charge in [0, 0.05) is 25.0 Å². The minimum absolute atomic E-state index is 0.177. The molecule has 2 N–H and O–H groups in total. The molecule has 0 amide bonds. The van der Waals surface area contributed by atoms with Gasteiger partial charge < -0.3 is 5.73 Å². The molecule has 1 aliphatic rings. The van der Waals surface area contributed by atoms with E-state index in [-0.39, 0.29) is 17.8 Å². The fourth-order valence-electron chi connectivity index (χ4n) is 3.20. The molecule has 0 radical (unpaired) electrons. The predicted octanol–water partition coefficient (Wildman–Crippen LogP) is 2.90. The van der Waals surface area contributed by atoms with Crippen LogP contribution in [0.3, 0.4) is 0 Å². The number of likely N-dealkylation sites (N-methyl/N-ethyl adjacent to an activating group) is 1. The number of nitrogens with two attached hydrogens (primary N) is 1. The van der Waals surface area contributed by atoms with Gasteiger partial charge in [-0.2, -0.15) is 0 Å². The molecule has 2 aromatic carbocycles. The molecule has 0 fully saturated rings. The van der Waals surface area contributed by atoms with E-state index in [2.05, 4.69) is 24.1 Å². The summed E-state index contributed by atoms with van der Waals surface area (Å²) < 4.78 is 13.5. The number of benzene rings is 2. The molecule has 0 aromatic heterocycles. The second kappa shape index (κ2) is 5.35. The highest BCUT2D eigenvalue weighted by Gasteiger charge is 2.30. The minimum Gasteiger partial charge on any atom is -0.329 e. The van der Waals surface area contributed by atoms with Gasteiger partial charge in [-0.1, -0.05) is 36.4 Å². The van der Waals surface area contributed by atoms with Gasteiger partial charge in [-0.15, -0.1) is 0 Å². The molecule has 2 aromatic rings. The summed E-state index contributed by atoms with van der Waals surface area (Å²) in [4.78, 5) is 2.26. The van der Waals surface area contributed by atoms with Crippen LogP contribution in [0.15, 0.2) is 48.5 Å². The molecule has 0 bridgehead atoms. The average Bonchev–Trinajstić information content (AvgIpc) is 2.46. The first-order chi connectivity index (χ1) is 9.70. The van der Waals surface area contributed by atoms with Crippen LogP contribution in [0.1, 0.15) is 28.7 Å². The van der Waals surface area contributed by atoms with E-state index >= 15 is 0 Å². The first kappa shape index (κ1) is 13.3. The zero-order valence-corrected chi connectivity index (χ0v) is 11.6. The standard InChI is InChI=1S/C17H19FN2/c1-20-11-16(12-5-4-6-13(18)9-12)14-7-2-3-8-15(14)17(20)10-19/h2-9,16-17H,10-11,19H2,1H3. The summed E-state index contributed by atoms with van der Waals surface area (Å²) in [6, 6.07) is 15.5. The van der Waals surface area contributed by atoms with Crippen LogP contribution < -0.4 is 5.73 Å². The number of hydrogen-bond acceptors (Lipinski definition) is 2. The van der Waals surface area contributed by atoms with Crippen LogP contribution >= 0.6 is 0 Å². The molecule has 0 spiro atoms. The summed E-state index contributed by atoms with van der Waals surface area (Å²) in [7, 11) is 2.08. The number of rotatable bonds is 2. The lowest BCUT2D eigenvalue weighted by Crippen LogP contribution is -2.39. The van der Waals surface area contributed by atoms with E-state index in [0.29, 0.717) is 6.54 Å². The molecule has 2 atom stereocenters. The Morgan fingerprint density at radius 3 is 2.60 bits per heavy atom. The van der Waals surface area contributed by atoms with Gasteiger partial charge in [0.2, 0.25) is 0 Å². The van der Waals surface area contributed by atoms with Gasteiger partial charge in [0.25, 0.3) is 0 Å². The Hall–Kier alpha value is -1.71. The van der Waals surface area contributed by atoms with E-state index in [1.165, 1.54) is 17.2 Å². The molecular weight excluding hydrogens is 251 g/mol. The van der Waals surface area contributed by atoms with E-state index < -0.39 is 0 Å². The second-order valence-corrected chi connectivity index (χ2v) is 5.43. The van der Waals surface area contributed by atoms with Crippen molar-refractivity contribution in [1.29, 1.82) is 0 Å². The van der Waals surface area contributed by atoms with Gasteiger partial charge in [-0.25, -0.2) is 4.39 Å². The summed E-state index contributed by atoms with van der Waals surface area (Å²) >= 11 is 0. The molecule has 104 valence electrons. The summed E-state index contributed by atoms with van der Waals surface area (Å²) in [6.45, 7) is 1.46. The second-order valence-electron chi connectivity index (χ2n) is 5.43. The van der Waals surface area contributed by atoms with Crippen molar-refractivity contribution in [2.75, 3.05) is 20.1 Å². The fraction of sp³-hybridized carbons (Fsp3) is 0.294. The monoisotopic (exact) mass is 270 g/mol. The predicted molar refractivity (Wildman–Crippen MR) is 79.1 cm³/mol. The zero-order valence-electron chi connectivity index (χ0n) is 11.6. The van der Waals surface area contributed by atoms with Gasteiger partial charge in [-0.05, 0) is 35.9 Å². The third-order valence-electron chi connectivity index (χ3n) is 4.21. The first-order valence-corrected chi connectivity index (χ1v) is 6.95. The van der Waals surface area contributed by atoms with E-state index in [1.807, 2.05) is 18.2 Å². The molecule has 2 unspecified atom stereocenters. The minimum atomic E-state index is -0.177. The van der Waals surface area contributed by atoms with E-state index in [4.69, 9.17) is 5.73 Å². The van der Waals surface area contributed by atoms with Crippen LogP contribution in [0, 0.1) is 5.82 Å². The van der Waals surface area contributed by atoms with Crippen molar-refractivity contribution in [2.24, 2.45) is 5.73 Å². The Balaban J connectivity index is 2.09. The number of fused-ring (bicyclic) bond motifs is 1.